The number of benzene rings is 2. The molecule has 1 fully saturated rings. The number of nitrogens with one attached hydrogen (secondary N) is 1. The Balaban J connectivity index is 1.45. The van der Waals surface area contributed by atoms with Crippen LogP contribution in [0, 0.1) is 0 Å². The molecule has 0 unspecified atom stereocenters. The molecule has 1 aliphatic heterocycles. The summed E-state index contributed by atoms with van der Waals surface area (Å²) >= 11 is 6.16. The third-order valence-corrected chi connectivity index (χ3v) is 8.34. The molecule has 1 heterocycles. The summed E-state index contributed by atoms with van der Waals surface area (Å²) in [5.41, 5.74) is 1.24. The number of carbonyl (C=O) groups excluding carboxylic acids is 2. The molecule has 2 aromatic rings. The second-order valence-electron chi connectivity index (χ2n) is 9.79. The zero-order valence-electron chi connectivity index (χ0n) is 21.7. The van der Waals surface area contributed by atoms with Crippen LogP contribution >= 0.6 is 11.6 Å². The van der Waals surface area contributed by atoms with Crippen molar-refractivity contribution < 1.29 is 27.5 Å². The fourth-order valence-electron chi connectivity index (χ4n) is 4.85. The van der Waals surface area contributed by atoms with Crippen molar-refractivity contribution in [2.24, 2.45) is 0 Å². The van der Waals surface area contributed by atoms with E-state index < -0.39 is 16.1 Å². The smallest absolute Gasteiger partial charge is 0.242 e. The number of hydrogen-bond acceptors (Lipinski definition) is 6. The van der Waals surface area contributed by atoms with E-state index in [0.717, 1.165) is 37.5 Å². The molecule has 1 atom stereocenters. The number of ether oxygens (including phenoxy) is 2. The SMILES string of the molecule is C[C@@H](C(=O)NC1CCCC1)N(Cc1cccc(Cl)c1)C(=O)CCCN(c1ccc2c(c1)OCO2)S(C)(=O)=O. The fraction of sp³-hybridized carbons (Fsp3) is 0.481. The summed E-state index contributed by atoms with van der Waals surface area (Å²) in [5, 5.41) is 3.63. The minimum Gasteiger partial charge on any atom is -0.454 e. The topological polar surface area (TPSA) is 105 Å². The van der Waals surface area contributed by atoms with Gasteiger partial charge in [0.2, 0.25) is 28.6 Å². The lowest BCUT2D eigenvalue weighted by Crippen LogP contribution is -2.49. The Labute approximate surface area is 229 Å². The summed E-state index contributed by atoms with van der Waals surface area (Å²) < 4.78 is 37.1. The molecule has 0 spiro atoms. The van der Waals surface area contributed by atoms with E-state index in [1.54, 1.807) is 48.2 Å². The number of hydrogen-bond donors (Lipinski definition) is 1. The van der Waals surface area contributed by atoms with Gasteiger partial charge in [0.15, 0.2) is 11.5 Å². The predicted octanol–water partition coefficient (Wildman–Crippen LogP) is 4.09. The Kier molecular flexibility index (Phi) is 9.04. The van der Waals surface area contributed by atoms with Crippen LogP contribution in [0.3, 0.4) is 0 Å². The maximum atomic E-state index is 13.4. The molecule has 2 aromatic carbocycles. The van der Waals surface area contributed by atoms with Gasteiger partial charge in [0.25, 0.3) is 0 Å². The molecule has 9 nitrogen and oxygen atoms in total. The first kappa shape index (κ1) is 28.0. The molecule has 11 heteroatoms. The number of halogens is 1. The van der Waals surface area contributed by atoms with Gasteiger partial charge in [-0.25, -0.2) is 8.42 Å². The van der Waals surface area contributed by atoms with Gasteiger partial charge < -0.3 is 19.7 Å². The second-order valence-corrected chi connectivity index (χ2v) is 12.1. The number of carbonyl (C=O) groups is 2. The summed E-state index contributed by atoms with van der Waals surface area (Å²) in [5.74, 6) is 0.601. The van der Waals surface area contributed by atoms with Crippen LogP contribution in [0.5, 0.6) is 11.5 Å². The van der Waals surface area contributed by atoms with Gasteiger partial charge in [-0.3, -0.25) is 13.9 Å². The second kappa shape index (κ2) is 12.3. The molecular formula is C27H34ClN3O6S. The third kappa shape index (κ3) is 7.11. The van der Waals surface area contributed by atoms with Crippen molar-refractivity contribution >= 4 is 39.1 Å². The average molecular weight is 564 g/mol. The van der Waals surface area contributed by atoms with Crippen molar-refractivity contribution in [3.8, 4) is 11.5 Å². The average Bonchev–Trinajstić information content (AvgIpc) is 3.55. The number of amides is 2. The molecule has 4 rings (SSSR count). The molecule has 0 saturated heterocycles. The standard InChI is InChI=1S/C27H34ClN3O6S/c1-19(27(33)29-22-9-3-4-10-22)30(17-20-7-5-8-21(28)15-20)26(32)11-6-14-31(38(2,34)35)23-12-13-24-25(16-23)37-18-36-24/h5,7-8,12-13,15-16,19,22H,3-4,6,9-11,14,17-18H2,1-2H3,(H,29,33)/t19-/m0/s1. The van der Waals surface area contributed by atoms with E-state index in [1.165, 1.54) is 4.31 Å². The van der Waals surface area contributed by atoms with E-state index in [1.807, 2.05) is 6.07 Å². The van der Waals surface area contributed by atoms with Crippen LogP contribution in [0.25, 0.3) is 0 Å². The van der Waals surface area contributed by atoms with Crippen LogP contribution in [0.4, 0.5) is 5.69 Å². The molecule has 2 aliphatic rings. The molecule has 2 amide bonds. The van der Waals surface area contributed by atoms with E-state index in [4.69, 9.17) is 21.1 Å². The minimum absolute atomic E-state index is 0.0676. The van der Waals surface area contributed by atoms with E-state index >= 15 is 0 Å². The van der Waals surface area contributed by atoms with Crippen LogP contribution in [-0.2, 0) is 26.2 Å². The first-order valence-electron chi connectivity index (χ1n) is 12.8. The van der Waals surface area contributed by atoms with Gasteiger partial charge in [0, 0.05) is 36.6 Å². The maximum absolute atomic E-state index is 13.4. The van der Waals surface area contributed by atoms with Crippen molar-refractivity contribution in [2.45, 2.75) is 64.1 Å². The third-order valence-electron chi connectivity index (χ3n) is 6.91. The highest BCUT2D eigenvalue weighted by Gasteiger charge is 2.29. The molecule has 1 saturated carbocycles. The summed E-state index contributed by atoms with van der Waals surface area (Å²) in [6.45, 7) is 2.12. The molecule has 1 N–H and O–H groups in total. The highest BCUT2D eigenvalue weighted by atomic mass is 35.5. The van der Waals surface area contributed by atoms with Crippen LogP contribution < -0.4 is 19.1 Å². The lowest BCUT2D eigenvalue weighted by atomic mass is 10.1. The molecule has 0 aromatic heterocycles. The lowest BCUT2D eigenvalue weighted by Gasteiger charge is -2.30. The van der Waals surface area contributed by atoms with Crippen LogP contribution in [-0.4, -0.2) is 56.8 Å². The monoisotopic (exact) mass is 563 g/mol. The van der Waals surface area contributed by atoms with Crippen molar-refractivity contribution in [3.05, 3.63) is 53.1 Å². The van der Waals surface area contributed by atoms with Crippen LogP contribution in [0.1, 0.15) is 51.0 Å². The van der Waals surface area contributed by atoms with E-state index in [2.05, 4.69) is 5.32 Å². The normalized spacial score (nSPS) is 15.8. The number of sulfonamides is 1. The molecular weight excluding hydrogens is 530 g/mol. The molecule has 1 aliphatic carbocycles. The number of anilines is 1. The van der Waals surface area contributed by atoms with Gasteiger partial charge in [0.1, 0.15) is 6.04 Å². The zero-order chi connectivity index (χ0) is 27.3. The van der Waals surface area contributed by atoms with Crippen LogP contribution in [0.15, 0.2) is 42.5 Å². The van der Waals surface area contributed by atoms with E-state index in [-0.39, 0.29) is 50.6 Å². The maximum Gasteiger partial charge on any atom is 0.242 e. The quantitative estimate of drug-likeness (QED) is 0.441. The highest BCUT2D eigenvalue weighted by Crippen LogP contribution is 2.36. The van der Waals surface area contributed by atoms with Gasteiger partial charge >= 0.3 is 0 Å². The summed E-state index contributed by atoms with van der Waals surface area (Å²) in [4.78, 5) is 28.0. The predicted molar refractivity (Wildman–Crippen MR) is 146 cm³/mol. The Hall–Kier alpha value is -2.98. The molecule has 0 bridgehead atoms. The summed E-state index contributed by atoms with van der Waals surface area (Å²) in [6, 6.07) is 11.6. The minimum atomic E-state index is -3.62. The van der Waals surface area contributed by atoms with E-state index in [0.29, 0.717) is 22.2 Å². The Bertz CT molecular complexity index is 1270. The molecule has 0 radical (unpaired) electrons. The van der Waals surface area contributed by atoms with Crippen molar-refractivity contribution in [1.82, 2.24) is 10.2 Å². The summed E-state index contributed by atoms with van der Waals surface area (Å²) in [7, 11) is -3.62. The molecule has 206 valence electrons. The first-order valence-corrected chi connectivity index (χ1v) is 15.1. The van der Waals surface area contributed by atoms with Crippen molar-refractivity contribution in [3.63, 3.8) is 0 Å². The van der Waals surface area contributed by atoms with Gasteiger partial charge in [-0.05, 0) is 56.0 Å². The van der Waals surface area contributed by atoms with Gasteiger partial charge in [-0.1, -0.05) is 36.6 Å². The Morgan fingerprint density at radius 3 is 2.55 bits per heavy atom. The zero-order valence-corrected chi connectivity index (χ0v) is 23.3. The molecule has 38 heavy (non-hydrogen) atoms. The summed E-state index contributed by atoms with van der Waals surface area (Å²) in [6.07, 6.45) is 5.53. The largest absolute Gasteiger partial charge is 0.454 e. The van der Waals surface area contributed by atoms with Crippen molar-refractivity contribution in [2.75, 3.05) is 23.9 Å². The number of nitrogens with zero attached hydrogens (tertiary/aromatic N) is 2. The number of fused-ring (bicyclic) bond motifs is 1. The van der Waals surface area contributed by atoms with E-state index in [9.17, 15) is 18.0 Å². The Morgan fingerprint density at radius 2 is 1.84 bits per heavy atom. The highest BCUT2D eigenvalue weighted by molar-refractivity contribution is 7.92. The Morgan fingerprint density at radius 1 is 1.11 bits per heavy atom. The fourth-order valence-corrected chi connectivity index (χ4v) is 6.02. The van der Waals surface area contributed by atoms with Gasteiger partial charge in [-0.15, -0.1) is 0 Å². The van der Waals surface area contributed by atoms with Crippen molar-refractivity contribution in [1.29, 1.82) is 0 Å². The lowest BCUT2D eigenvalue weighted by molar-refractivity contribution is -0.141. The van der Waals surface area contributed by atoms with Gasteiger partial charge in [0.05, 0.1) is 11.9 Å². The first-order chi connectivity index (χ1) is 18.1. The number of rotatable bonds is 11. The van der Waals surface area contributed by atoms with Crippen LogP contribution in [0.2, 0.25) is 5.02 Å². The van der Waals surface area contributed by atoms with Gasteiger partial charge in [-0.2, -0.15) is 0 Å².